The van der Waals surface area contributed by atoms with Gasteiger partial charge in [-0.1, -0.05) is 6.07 Å². The molecule has 1 aromatic heterocycles. The van der Waals surface area contributed by atoms with Crippen LogP contribution in [0.15, 0.2) is 12.1 Å². The molecule has 0 unspecified atom stereocenters. The highest BCUT2D eigenvalue weighted by atomic mass is 16.5. The summed E-state index contributed by atoms with van der Waals surface area (Å²) in [6.07, 6.45) is 0.848. The number of nitrogen functional groups attached to an aromatic ring is 1. The zero-order valence-electron chi connectivity index (χ0n) is 9.56. The van der Waals surface area contributed by atoms with Crippen molar-refractivity contribution < 1.29 is 9.53 Å². The van der Waals surface area contributed by atoms with Gasteiger partial charge in [0.05, 0.1) is 7.11 Å². The molecule has 1 aromatic rings. The largest absolute Gasteiger partial charge is 0.469 e. The first kappa shape index (κ1) is 12.4. The molecule has 5 heteroatoms. The van der Waals surface area contributed by atoms with E-state index in [1.165, 1.54) is 7.11 Å². The fraction of sp³-hybridized carbons (Fsp3) is 0.455. The Morgan fingerprint density at radius 2 is 2.25 bits per heavy atom. The average molecular weight is 223 g/mol. The first-order valence-corrected chi connectivity index (χ1v) is 5.10. The van der Waals surface area contributed by atoms with Crippen molar-refractivity contribution in [2.45, 2.75) is 25.8 Å². The van der Waals surface area contributed by atoms with E-state index in [4.69, 9.17) is 11.5 Å². The lowest BCUT2D eigenvalue weighted by Gasteiger charge is -2.13. The van der Waals surface area contributed by atoms with Gasteiger partial charge in [0.15, 0.2) is 0 Å². The third-order valence-corrected chi connectivity index (χ3v) is 2.43. The Hall–Kier alpha value is -1.62. The maximum absolute atomic E-state index is 11.0. The third kappa shape index (κ3) is 3.20. The first-order chi connectivity index (χ1) is 7.54. The molecular weight excluding hydrogens is 206 g/mol. The molecule has 5 nitrogen and oxygen atoms in total. The van der Waals surface area contributed by atoms with Gasteiger partial charge in [-0.25, -0.2) is 4.98 Å². The van der Waals surface area contributed by atoms with E-state index in [9.17, 15) is 4.79 Å². The van der Waals surface area contributed by atoms with E-state index in [1.807, 2.05) is 13.0 Å². The molecule has 16 heavy (non-hydrogen) atoms. The van der Waals surface area contributed by atoms with Crippen LogP contribution >= 0.6 is 0 Å². The number of hydrogen-bond acceptors (Lipinski definition) is 5. The molecule has 88 valence electrons. The summed E-state index contributed by atoms with van der Waals surface area (Å²) >= 11 is 0. The van der Waals surface area contributed by atoms with Gasteiger partial charge in [-0.05, 0) is 25.0 Å². The van der Waals surface area contributed by atoms with E-state index in [0.717, 1.165) is 11.3 Å². The summed E-state index contributed by atoms with van der Waals surface area (Å²) in [6.45, 7) is 1.85. The molecule has 0 amide bonds. The van der Waals surface area contributed by atoms with E-state index in [1.54, 1.807) is 6.07 Å². The van der Waals surface area contributed by atoms with Crippen LogP contribution in [-0.2, 0) is 9.53 Å². The van der Waals surface area contributed by atoms with Crippen molar-refractivity contribution >= 4 is 11.8 Å². The minimum absolute atomic E-state index is 0.216. The third-order valence-electron chi connectivity index (χ3n) is 2.43. The van der Waals surface area contributed by atoms with Crippen LogP contribution in [0.3, 0.4) is 0 Å². The molecule has 0 saturated carbocycles. The predicted molar refractivity (Wildman–Crippen MR) is 61.6 cm³/mol. The normalized spacial score (nSPS) is 12.2. The number of carbonyl (C=O) groups is 1. The lowest BCUT2D eigenvalue weighted by Crippen LogP contribution is -2.15. The van der Waals surface area contributed by atoms with Crippen molar-refractivity contribution in [3.8, 4) is 0 Å². The summed E-state index contributed by atoms with van der Waals surface area (Å²) in [7, 11) is 1.36. The Balaban J connectivity index is 2.65. The van der Waals surface area contributed by atoms with Crippen LogP contribution in [0.25, 0.3) is 0 Å². The van der Waals surface area contributed by atoms with Gasteiger partial charge in [0, 0.05) is 18.2 Å². The maximum Gasteiger partial charge on any atom is 0.305 e. The Bertz CT molecular complexity index is 379. The number of aryl methyl sites for hydroxylation is 1. The number of ether oxygens (including phenoxy) is 1. The number of aromatic nitrogens is 1. The molecule has 0 aliphatic rings. The van der Waals surface area contributed by atoms with Gasteiger partial charge < -0.3 is 16.2 Å². The second-order valence-corrected chi connectivity index (χ2v) is 3.63. The van der Waals surface area contributed by atoms with Crippen molar-refractivity contribution in [3.05, 3.63) is 23.4 Å². The number of methoxy groups -OCH3 is 1. The van der Waals surface area contributed by atoms with Crippen LogP contribution in [0.5, 0.6) is 0 Å². The summed E-state index contributed by atoms with van der Waals surface area (Å²) in [5.74, 6) is 0.220. The smallest absolute Gasteiger partial charge is 0.305 e. The Kier molecular flexibility index (Phi) is 4.25. The summed E-state index contributed by atoms with van der Waals surface area (Å²) in [6, 6.07) is 3.34. The van der Waals surface area contributed by atoms with Gasteiger partial charge in [-0.15, -0.1) is 0 Å². The van der Waals surface area contributed by atoms with Crippen molar-refractivity contribution in [1.29, 1.82) is 0 Å². The van der Waals surface area contributed by atoms with Crippen LogP contribution < -0.4 is 11.5 Å². The molecule has 0 aliphatic carbocycles. The van der Waals surface area contributed by atoms with E-state index >= 15 is 0 Å². The van der Waals surface area contributed by atoms with E-state index in [0.29, 0.717) is 18.7 Å². The molecular formula is C11H17N3O2. The van der Waals surface area contributed by atoms with Crippen molar-refractivity contribution in [2.24, 2.45) is 5.73 Å². The molecule has 0 aromatic carbocycles. The van der Waals surface area contributed by atoms with Crippen LogP contribution in [0.1, 0.15) is 30.1 Å². The Labute approximate surface area is 94.8 Å². The van der Waals surface area contributed by atoms with Gasteiger partial charge in [-0.3, -0.25) is 4.79 Å². The summed E-state index contributed by atoms with van der Waals surface area (Å²) in [4.78, 5) is 15.1. The molecule has 0 aliphatic heterocycles. The van der Waals surface area contributed by atoms with Crippen molar-refractivity contribution in [2.75, 3.05) is 12.8 Å². The molecule has 4 N–H and O–H groups in total. The highest BCUT2D eigenvalue weighted by molar-refractivity contribution is 5.69. The lowest BCUT2D eigenvalue weighted by atomic mass is 10.0. The number of hydrogen-bond donors (Lipinski definition) is 2. The van der Waals surface area contributed by atoms with E-state index in [-0.39, 0.29) is 12.0 Å². The van der Waals surface area contributed by atoms with Gasteiger partial charge in [-0.2, -0.15) is 0 Å². The topological polar surface area (TPSA) is 91.2 Å². The predicted octanol–water partition coefficient (Wildman–Crippen LogP) is 0.925. The maximum atomic E-state index is 11.0. The number of pyridine rings is 1. The highest BCUT2D eigenvalue weighted by Crippen LogP contribution is 2.19. The van der Waals surface area contributed by atoms with Gasteiger partial charge >= 0.3 is 5.97 Å². The Morgan fingerprint density at radius 1 is 1.56 bits per heavy atom. The summed E-state index contributed by atoms with van der Waals surface area (Å²) in [5.41, 5.74) is 13.2. The van der Waals surface area contributed by atoms with Crippen LogP contribution in [0.4, 0.5) is 5.82 Å². The van der Waals surface area contributed by atoms with Gasteiger partial charge in [0.2, 0.25) is 0 Å². The molecule has 0 saturated heterocycles. The fourth-order valence-electron chi connectivity index (χ4n) is 1.51. The zero-order chi connectivity index (χ0) is 12.1. The van der Waals surface area contributed by atoms with Crippen LogP contribution in [0, 0.1) is 6.92 Å². The average Bonchev–Trinajstić information content (AvgIpc) is 2.25. The Morgan fingerprint density at radius 3 is 2.81 bits per heavy atom. The number of anilines is 1. The molecule has 0 radical (unpaired) electrons. The number of esters is 1. The number of carbonyl (C=O) groups excluding carboxylic acids is 1. The summed E-state index contributed by atoms with van der Waals surface area (Å²) in [5, 5.41) is 0. The number of nitrogens with two attached hydrogens (primary N) is 2. The second kappa shape index (κ2) is 5.46. The van der Waals surface area contributed by atoms with Gasteiger partial charge in [0.1, 0.15) is 5.82 Å². The fourth-order valence-corrected chi connectivity index (χ4v) is 1.51. The van der Waals surface area contributed by atoms with Crippen molar-refractivity contribution in [3.63, 3.8) is 0 Å². The zero-order valence-corrected chi connectivity index (χ0v) is 9.56. The first-order valence-electron chi connectivity index (χ1n) is 5.10. The SMILES string of the molecule is COC(=O)CC[C@@H](N)c1ccc(N)nc1C. The van der Waals surface area contributed by atoms with E-state index in [2.05, 4.69) is 9.72 Å². The summed E-state index contributed by atoms with van der Waals surface area (Å²) < 4.78 is 4.56. The molecule has 0 spiro atoms. The van der Waals surface area contributed by atoms with Crippen molar-refractivity contribution in [1.82, 2.24) is 4.98 Å². The van der Waals surface area contributed by atoms with Crippen LogP contribution in [0.2, 0.25) is 0 Å². The standard InChI is InChI=1S/C11H17N3O2/c1-7-8(3-5-10(13)14-7)9(12)4-6-11(15)16-2/h3,5,9H,4,6,12H2,1-2H3,(H2,13,14)/t9-/m1/s1. The lowest BCUT2D eigenvalue weighted by molar-refractivity contribution is -0.140. The molecule has 1 atom stereocenters. The minimum atomic E-state index is -0.253. The monoisotopic (exact) mass is 223 g/mol. The van der Waals surface area contributed by atoms with Crippen LogP contribution in [-0.4, -0.2) is 18.1 Å². The molecule has 0 fully saturated rings. The second-order valence-electron chi connectivity index (χ2n) is 3.63. The number of rotatable bonds is 4. The minimum Gasteiger partial charge on any atom is -0.469 e. The van der Waals surface area contributed by atoms with Gasteiger partial charge in [0.25, 0.3) is 0 Å². The molecule has 1 rings (SSSR count). The van der Waals surface area contributed by atoms with E-state index < -0.39 is 0 Å². The molecule has 0 bridgehead atoms. The number of nitrogens with zero attached hydrogens (tertiary/aromatic N) is 1. The highest BCUT2D eigenvalue weighted by Gasteiger charge is 2.12. The quantitative estimate of drug-likeness (QED) is 0.741. The molecule has 1 heterocycles.